The Kier molecular flexibility index (Phi) is 2.99. The molecule has 0 saturated carbocycles. The van der Waals surface area contributed by atoms with Gasteiger partial charge in [-0.1, -0.05) is 0 Å². The number of fused-ring (bicyclic) bond motifs is 1. The highest BCUT2D eigenvalue weighted by Gasteiger charge is 2.12. The molecule has 2 heterocycles. The van der Waals surface area contributed by atoms with E-state index in [-0.39, 0.29) is 5.91 Å². The number of carbonyl (C=O) groups excluding carboxylic acids is 1. The number of imidazole rings is 1. The molecule has 90 valence electrons. The Labute approximate surface area is 99.4 Å². The summed E-state index contributed by atoms with van der Waals surface area (Å²) in [6, 6.07) is 1.94. The van der Waals surface area contributed by atoms with Crippen LogP contribution in [0, 0.1) is 6.92 Å². The normalized spacial score (nSPS) is 10.5. The fraction of sp³-hybridized carbons (Fsp3) is 0.333. The Morgan fingerprint density at radius 3 is 3.00 bits per heavy atom. The van der Waals surface area contributed by atoms with Crippen molar-refractivity contribution in [2.45, 2.75) is 20.4 Å². The lowest BCUT2D eigenvalue weighted by molar-refractivity contribution is -0.119. The predicted molar refractivity (Wildman–Crippen MR) is 64.0 cm³/mol. The highest BCUT2D eigenvalue weighted by Crippen LogP contribution is 2.24. The zero-order chi connectivity index (χ0) is 12.4. The fourth-order valence-corrected chi connectivity index (χ4v) is 1.83. The summed E-state index contributed by atoms with van der Waals surface area (Å²) in [5, 5.41) is 2.77. The summed E-state index contributed by atoms with van der Waals surface area (Å²) in [5.41, 5.74) is 2.75. The highest BCUT2D eigenvalue weighted by molar-refractivity contribution is 5.73. The third-order valence-corrected chi connectivity index (χ3v) is 2.66. The first-order valence-electron chi connectivity index (χ1n) is 5.37. The van der Waals surface area contributed by atoms with Crippen molar-refractivity contribution in [3.8, 4) is 5.75 Å². The van der Waals surface area contributed by atoms with Gasteiger partial charge in [0.2, 0.25) is 5.91 Å². The van der Waals surface area contributed by atoms with Gasteiger partial charge in [-0.25, -0.2) is 4.98 Å². The van der Waals surface area contributed by atoms with Gasteiger partial charge in [-0.05, 0) is 6.92 Å². The van der Waals surface area contributed by atoms with Gasteiger partial charge in [0.25, 0.3) is 0 Å². The summed E-state index contributed by atoms with van der Waals surface area (Å²) < 4.78 is 7.30. The van der Waals surface area contributed by atoms with E-state index in [1.54, 1.807) is 13.3 Å². The van der Waals surface area contributed by atoms with E-state index in [0.717, 1.165) is 22.7 Å². The molecule has 5 nitrogen and oxygen atoms in total. The van der Waals surface area contributed by atoms with Gasteiger partial charge in [-0.3, -0.25) is 4.79 Å². The maximum absolute atomic E-state index is 11.0. The molecule has 0 bridgehead atoms. The first-order chi connectivity index (χ1) is 8.13. The minimum Gasteiger partial charge on any atom is -0.496 e. The molecule has 0 unspecified atom stereocenters. The van der Waals surface area contributed by atoms with Crippen LogP contribution in [0.3, 0.4) is 0 Å². The summed E-state index contributed by atoms with van der Waals surface area (Å²) in [4.78, 5) is 15.3. The van der Waals surface area contributed by atoms with Crippen molar-refractivity contribution in [1.82, 2.24) is 14.7 Å². The second-order valence-electron chi connectivity index (χ2n) is 3.86. The van der Waals surface area contributed by atoms with Gasteiger partial charge in [0.1, 0.15) is 11.4 Å². The number of amides is 1. The molecule has 0 radical (unpaired) electrons. The quantitative estimate of drug-likeness (QED) is 0.869. The molecule has 0 atom stereocenters. The Morgan fingerprint density at radius 1 is 1.59 bits per heavy atom. The van der Waals surface area contributed by atoms with E-state index >= 15 is 0 Å². The van der Waals surface area contributed by atoms with Crippen molar-refractivity contribution in [2.24, 2.45) is 0 Å². The SMILES string of the molecule is COc1cc(C)n2ccnc2c1CNC(C)=O. The summed E-state index contributed by atoms with van der Waals surface area (Å²) in [6.45, 7) is 3.89. The fourth-order valence-electron chi connectivity index (χ4n) is 1.83. The van der Waals surface area contributed by atoms with Crippen molar-refractivity contribution < 1.29 is 9.53 Å². The average Bonchev–Trinajstić information content (AvgIpc) is 2.76. The van der Waals surface area contributed by atoms with E-state index in [1.165, 1.54) is 6.92 Å². The van der Waals surface area contributed by atoms with Crippen molar-refractivity contribution in [3.05, 3.63) is 29.7 Å². The number of hydrogen-bond acceptors (Lipinski definition) is 3. The second kappa shape index (κ2) is 4.45. The van der Waals surface area contributed by atoms with Gasteiger partial charge in [-0.2, -0.15) is 0 Å². The molecule has 17 heavy (non-hydrogen) atoms. The molecule has 5 heteroatoms. The molecule has 0 spiro atoms. The van der Waals surface area contributed by atoms with Gasteiger partial charge in [0.15, 0.2) is 0 Å². The van der Waals surface area contributed by atoms with E-state index in [4.69, 9.17) is 4.74 Å². The highest BCUT2D eigenvalue weighted by atomic mass is 16.5. The van der Waals surface area contributed by atoms with Crippen LogP contribution < -0.4 is 10.1 Å². The second-order valence-corrected chi connectivity index (χ2v) is 3.86. The molecule has 2 aromatic heterocycles. The van der Waals surface area contributed by atoms with Crippen LogP contribution in [-0.4, -0.2) is 22.4 Å². The maximum atomic E-state index is 11.0. The topological polar surface area (TPSA) is 55.6 Å². The van der Waals surface area contributed by atoms with Crippen molar-refractivity contribution >= 4 is 11.6 Å². The van der Waals surface area contributed by atoms with E-state index in [0.29, 0.717) is 6.54 Å². The van der Waals surface area contributed by atoms with Gasteiger partial charge < -0.3 is 14.5 Å². The largest absolute Gasteiger partial charge is 0.496 e. The number of nitrogens with zero attached hydrogens (tertiary/aromatic N) is 2. The molecule has 0 aliphatic heterocycles. The van der Waals surface area contributed by atoms with Crippen LogP contribution in [0.2, 0.25) is 0 Å². The third kappa shape index (κ3) is 2.08. The zero-order valence-corrected chi connectivity index (χ0v) is 10.2. The smallest absolute Gasteiger partial charge is 0.217 e. The average molecular weight is 233 g/mol. The first-order valence-corrected chi connectivity index (χ1v) is 5.37. The summed E-state index contributed by atoms with van der Waals surface area (Å²) in [7, 11) is 1.62. The minimum absolute atomic E-state index is 0.0719. The predicted octanol–water partition coefficient (Wildman–Crippen LogP) is 1.29. The molecule has 0 aliphatic rings. The van der Waals surface area contributed by atoms with Crippen molar-refractivity contribution in [2.75, 3.05) is 7.11 Å². The number of aryl methyl sites for hydroxylation is 1. The summed E-state index contributed by atoms with van der Waals surface area (Å²) in [5.74, 6) is 0.673. The Hall–Kier alpha value is -2.04. The Balaban J connectivity index is 2.53. The van der Waals surface area contributed by atoms with Crippen LogP contribution in [0.25, 0.3) is 5.65 Å². The Morgan fingerprint density at radius 2 is 2.35 bits per heavy atom. The first kappa shape index (κ1) is 11.4. The summed E-state index contributed by atoms with van der Waals surface area (Å²) in [6.07, 6.45) is 3.63. The van der Waals surface area contributed by atoms with Gasteiger partial charge in [0, 0.05) is 31.1 Å². The number of aromatic nitrogens is 2. The van der Waals surface area contributed by atoms with Gasteiger partial charge in [0.05, 0.1) is 19.2 Å². The van der Waals surface area contributed by atoms with Crippen LogP contribution in [0.1, 0.15) is 18.2 Å². The maximum Gasteiger partial charge on any atom is 0.217 e. The number of carbonyl (C=O) groups is 1. The monoisotopic (exact) mass is 233 g/mol. The third-order valence-electron chi connectivity index (χ3n) is 2.66. The van der Waals surface area contributed by atoms with E-state index < -0.39 is 0 Å². The molecule has 2 aromatic rings. The lowest BCUT2D eigenvalue weighted by Crippen LogP contribution is -2.20. The van der Waals surface area contributed by atoms with Crippen molar-refractivity contribution in [3.63, 3.8) is 0 Å². The van der Waals surface area contributed by atoms with Crippen LogP contribution in [-0.2, 0) is 11.3 Å². The van der Waals surface area contributed by atoms with Crippen molar-refractivity contribution in [1.29, 1.82) is 0 Å². The lowest BCUT2D eigenvalue weighted by atomic mass is 10.2. The Bertz CT molecular complexity index is 560. The molecular formula is C12H15N3O2. The van der Waals surface area contributed by atoms with E-state index in [2.05, 4.69) is 10.3 Å². The number of hydrogen-bond donors (Lipinski definition) is 1. The number of nitrogens with one attached hydrogen (secondary N) is 1. The summed E-state index contributed by atoms with van der Waals surface area (Å²) >= 11 is 0. The van der Waals surface area contributed by atoms with E-state index in [1.807, 2.05) is 23.6 Å². The van der Waals surface area contributed by atoms with E-state index in [9.17, 15) is 4.79 Å². The van der Waals surface area contributed by atoms with Crippen LogP contribution in [0.4, 0.5) is 0 Å². The van der Waals surface area contributed by atoms with Crippen LogP contribution in [0.5, 0.6) is 5.75 Å². The standard InChI is InChI=1S/C12H15N3O2/c1-8-6-11(17-3)10(7-14-9(2)16)12-13-4-5-15(8)12/h4-6H,7H2,1-3H3,(H,14,16). The van der Waals surface area contributed by atoms with Gasteiger partial charge in [-0.15, -0.1) is 0 Å². The van der Waals surface area contributed by atoms with Gasteiger partial charge >= 0.3 is 0 Å². The minimum atomic E-state index is -0.0719. The molecule has 1 amide bonds. The molecule has 2 rings (SSSR count). The molecular weight excluding hydrogens is 218 g/mol. The number of ether oxygens (including phenoxy) is 1. The zero-order valence-electron chi connectivity index (χ0n) is 10.2. The molecule has 0 aromatic carbocycles. The van der Waals surface area contributed by atoms with Crippen LogP contribution in [0.15, 0.2) is 18.5 Å². The lowest BCUT2D eigenvalue weighted by Gasteiger charge is -2.12. The number of methoxy groups -OCH3 is 1. The number of rotatable bonds is 3. The molecule has 0 fully saturated rings. The molecule has 0 aliphatic carbocycles. The molecule has 0 saturated heterocycles. The molecule has 1 N–H and O–H groups in total. The van der Waals surface area contributed by atoms with Crippen LogP contribution >= 0.6 is 0 Å². The number of pyridine rings is 1.